The molecule has 27 heavy (non-hydrogen) atoms. The van der Waals surface area contributed by atoms with Crippen molar-refractivity contribution >= 4 is 56.4 Å². The topological polar surface area (TPSA) is 116 Å². The summed E-state index contributed by atoms with van der Waals surface area (Å²) >= 11 is 2.10. The minimum Gasteiger partial charge on any atom is -0.478 e. The lowest BCUT2D eigenvalue weighted by atomic mass is 10.1. The molecule has 0 heterocycles. The normalized spacial score (nSPS) is 11.3. The molecule has 2 N–H and O–H groups in total. The maximum atomic E-state index is 12.1. The first-order valence-corrected chi connectivity index (χ1v) is 10.5. The lowest BCUT2D eigenvalue weighted by molar-refractivity contribution is -0.119. The van der Waals surface area contributed by atoms with Crippen molar-refractivity contribution in [2.45, 2.75) is 0 Å². The van der Waals surface area contributed by atoms with Crippen LogP contribution in [0.1, 0.15) is 15.9 Å². The molecule has 0 unspecified atom stereocenters. The number of hydrogen-bond acceptors (Lipinski definition) is 5. The standard InChI is InChI=1S/C17H16IN3O5S/c1-27(25,26)21(15-8-6-14(18)7-9-15)11-16(22)20-19-10-12-2-4-13(5-3-12)17(23)24/h2-10H,11H2,1H3,(H,20,22)(H,23,24)/b19-10-. The molecule has 2 rings (SSSR count). The van der Waals surface area contributed by atoms with E-state index in [2.05, 4.69) is 33.1 Å². The zero-order valence-corrected chi connectivity index (χ0v) is 17.1. The number of carbonyl (C=O) groups is 2. The Kier molecular flexibility index (Phi) is 6.91. The molecule has 2 aromatic carbocycles. The zero-order chi connectivity index (χ0) is 20.0. The highest BCUT2D eigenvalue weighted by Crippen LogP contribution is 2.18. The second-order valence-electron chi connectivity index (χ2n) is 5.47. The van der Waals surface area contributed by atoms with Crippen LogP contribution in [0.5, 0.6) is 0 Å². The molecule has 8 nitrogen and oxygen atoms in total. The molecule has 0 radical (unpaired) electrons. The molecule has 1 amide bonds. The Labute approximate surface area is 170 Å². The molecule has 0 saturated heterocycles. The Morgan fingerprint density at radius 2 is 1.74 bits per heavy atom. The fourth-order valence-corrected chi connectivity index (χ4v) is 3.28. The molecule has 2 aromatic rings. The van der Waals surface area contributed by atoms with Gasteiger partial charge in [-0.15, -0.1) is 0 Å². The molecular formula is C17H16IN3O5S. The number of carboxylic acids is 1. The lowest BCUT2D eigenvalue weighted by Gasteiger charge is -2.21. The van der Waals surface area contributed by atoms with Crippen LogP contribution >= 0.6 is 22.6 Å². The molecule has 10 heteroatoms. The van der Waals surface area contributed by atoms with E-state index in [1.54, 1.807) is 24.3 Å². The summed E-state index contributed by atoms with van der Waals surface area (Å²) in [6, 6.07) is 12.6. The molecule has 0 saturated carbocycles. The van der Waals surface area contributed by atoms with Gasteiger partial charge in [-0.25, -0.2) is 18.6 Å². The van der Waals surface area contributed by atoms with Crippen molar-refractivity contribution in [1.29, 1.82) is 0 Å². The van der Waals surface area contributed by atoms with Crippen molar-refractivity contribution in [2.75, 3.05) is 17.1 Å². The number of hydrogen-bond donors (Lipinski definition) is 2. The maximum Gasteiger partial charge on any atom is 0.335 e. The first-order valence-electron chi connectivity index (χ1n) is 7.55. The van der Waals surface area contributed by atoms with E-state index in [1.165, 1.54) is 30.5 Å². The van der Waals surface area contributed by atoms with Crippen molar-refractivity contribution in [3.8, 4) is 0 Å². The number of halogens is 1. The highest BCUT2D eigenvalue weighted by Gasteiger charge is 2.20. The van der Waals surface area contributed by atoms with Gasteiger partial charge in [0.2, 0.25) is 10.0 Å². The van der Waals surface area contributed by atoms with Gasteiger partial charge in [-0.2, -0.15) is 5.10 Å². The average Bonchev–Trinajstić information content (AvgIpc) is 2.60. The molecule has 0 spiro atoms. The van der Waals surface area contributed by atoms with Crippen LogP contribution < -0.4 is 9.73 Å². The number of aromatic carboxylic acids is 1. The molecule has 0 aliphatic heterocycles. The van der Waals surface area contributed by atoms with Gasteiger partial charge in [0.15, 0.2) is 0 Å². The van der Waals surface area contributed by atoms with Crippen LogP contribution in [0.3, 0.4) is 0 Å². The average molecular weight is 501 g/mol. The summed E-state index contributed by atoms with van der Waals surface area (Å²) in [7, 11) is -3.65. The largest absolute Gasteiger partial charge is 0.478 e. The Balaban J connectivity index is 2.03. The van der Waals surface area contributed by atoms with E-state index in [1.807, 2.05) is 0 Å². The monoisotopic (exact) mass is 501 g/mol. The van der Waals surface area contributed by atoms with Gasteiger partial charge in [0.25, 0.3) is 5.91 Å². The van der Waals surface area contributed by atoms with Crippen molar-refractivity contribution in [3.05, 3.63) is 63.2 Å². The first kappa shape index (κ1) is 20.8. The van der Waals surface area contributed by atoms with Gasteiger partial charge in [0.1, 0.15) is 6.54 Å². The predicted octanol–water partition coefficient (Wildman–Crippen LogP) is 1.91. The number of rotatable bonds is 7. The van der Waals surface area contributed by atoms with Crippen LogP contribution in [0.2, 0.25) is 0 Å². The number of sulfonamides is 1. The molecule has 0 fully saturated rings. The van der Waals surface area contributed by atoms with Crippen molar-refractivity contribution < 1.29 is 23.1 Å². The van der Waals surface area contributed by atoms with E-state index in [0.717, 1.165) is 14.1 Å². The van der Waals surface area contributed by atoms with Crippen LogP contribution in [-0.4, -0.2) is 44.4 Å². The number of carbonyl (C=O) groups excluding carboxylic acids is 1. The second-order valence-corrected chi connectivity index (χ2v) is 8.62. The van der Waals surface area contributed by atoms with E-state index in [9.17, 15) is 18.0 Å². The van der Waals surface area contributed by atoms with Crippen molar-refractivity contribution in [1.82, 2.24) is 5.43 Å². The van der Waals surface area contributed by atoms with Crippen LogP contribution in [0, 0.1) is 3.57 Å². The molecule has 0 aromatic heterocycles. The number of benzene rings is 2. The Morgan fingerprint density at radius 1 is 1.15 bits per heavy atom. The van der Waals surface area contributed by atoms with Crippen LogP contribution in [0.25, 0.3) is 0 Å². The Morgan fingerprint density at radius 3 is 2.26 bits per heavy atom. The van der Waals surface area contributed by atoms with E-state index < -0.39 is 28.4 Å². The van der Waals surface area contributed by atoms with Gasteiger partial charge in [0, 0.05) is 3.57 Å². The van der Waals surface area contributed by atoms with Crippen molar-refractivity contribution in [2.24, 2.45) is 5.10 Å². The molecule has 0 aliphatic rings. The smallest absolute Gasteiger partial charge is 0.335 e. The highest BCUT2D eigenvalue weighted by atomic mass is 127. The molecule has 142 valence electrons. The summed E-state index contributed by atoms with van der Waals surface area (Å²) in [5.41, 5.74) is 3.35. The summed E-state index contributed by atoms with van der Waals surface area (Å²) in [5.74, 6) is -1.65. The summed E-state index contributed by atoms with van der Waals surface area (Å²) in [6.45, 7) is -0.422. The first-order chi connectivity index (χ1) is 12.7. The second kappa shape index (κ2) is 8.95. The van der Waals surface area contributed by atoms with E-state index in [-0.39, 0.29) is 5.56 Å². The third-order valence-corrected chi connectivity index (χ3v) is 5.22. The van der Waals surface area contributed by atoms with Gasteiger partial charge in [-0.1, -0.05) is 12.1 Å². The zero-order valence-electron chi connectivity index (χ0n) is 14.2. The number of anilines is 1. The molecule has 0 aliphatic carbocycles. The number of nitrogens with one attached hydrogen (secondary N) is 1. The number of amides is 1. The number of hydrazone groups is 1. The summed E-state index contributed by atoms with van der Waals surface area (Å²) in [6.07, 6.45) is 2.35. The predicted molar refractivity (Wildman–Crippen MR) is 110 cm³/mol. The number of carboxylic acid groups (broad SMARTS) is 1. The minimum atomic E-state index is -3.65. The van der Waals surface area contributed by atoms with Crippen molar-refractivity contribution in [3.63, 3.8) is 0 Å². The quantitative estimate of drug-likeness (QED) is 0.342. The van der Waals surface area contributed by atoms with E-state index >= 15 is 0 Å². The van der Waals surface area contributed by atoms with E-state index in [4.69, 9.17) is 5.11 Å². The Bertz CT molecular complexity index is 957. The lowest BCUT2D eigenvalue weighted by Crippen LogP contribution is -2.39. The SMILES string of the molecule is CS(=O)(=O)N(CC(=O)N/N=C\c1ccc(C(=O)O)cc1)c1ccc(I)cc1. The van der Waals surface area contributed by atoms with Gasteiger partial charge >= 0.3 is 5.97 Å². The van der Waals surface area contributed by atoms with Gasteiger partial charge in [-0.05, 0) is 64.6 Å². The third-order valence-electron chi connectivity index (χ3n) is 3.36. The van der Waals surface area contributed by atoms with Gasteiger partial charge < -0.3 is 5.11 Å². The summed E-state index contributed by atoms with van der Waals surface area (Å²) in [5, 5.41) is 12.6. The fourth-order valence-electron chi connectivity index (χ4n) is 2.06. The minimum absolute atomic E-state index is 0.137. The van der Waals surface area contributed by atoms with Crippen LogP contribution in [0.15, 0.2) is 53.6 Å². The number of nitrogens with zero attached hydrogens (tertiary/aromatic N) is 2. The maximum absolute atomic E-state index is 12.1. The molecule has 0 bridgehead atoms. The fraction of sp³-hybridized carbons (Fsp3) is 0.118. The van der Waals surface area contributed by atoms with Gasteiger partial charge in [0.05, 0.1) is 23.7 Å². The highest BCUT2D eigenvalue weighted by molar-refractivity contribution is 14.1. The van der Waals surface area contributed by atoms with Gasteiger partial charge in [-0.3, -0.25) is 9.10 Å². The summed E-state index contributed by atoms with van der Waals surface area (Å²) in [4.78, 5) is 22.9. The van der Waals surface area contributed by atoms with E-state index in [0.29, 0.717) is 11.3 Å². The Hall–Kier alpha value is -2.47. The van der Waals surface area contributed by atoms with Crippen LogP contribution in [0.4, 0.5) is 5.69 Å². The summed E-state index contributed by atoms with van der Waals surface area (Å²) < 4.78 is 25.9. The third kappa shape index (κ3) is 6.32. The molecular weight excluding hydrogens is 485 g/mol. The molecule has 0 atom stereocenters. The van der Waals surface area contributed by atoms with Crippen LogP contribution in [-0.2, 0) is 14.8 Å².